The van der Waals surface area contributed by atoms with Crippen molar-refractivity contribution < 1.29 is 7.80 Å². The molecule has 3 atom stereocenters. The molecule has 0 aromatic heterocycles. The topological polar surface area (TPSA) is 21.7 Å². The summed E-state index contributed by atoms with van der Waals surface area (Å²) in [6.07, 6.45) is 2.38. The van der Waals surface area contributed by atoms with E-state index in [1.165, 1.54) is 0 Å². The molecule has 0 aliphatic carbocycles. The van der Waals surface area contributed by atoms with Crippen LogP contribution in [0.1, 0.15) is 26.7 Å². The molecule has 14 heavy (non-hydrogen) atoms. The highest BCUT2D eigenvalue weighted by atomic mass is 127. The van der Waals surface area contributed by atoms with Crippen LogP contribution in [0.5, 0.6) is 0 Å². The third-order valence-corrected chi connectivity index (χ3v) is 3.44. The smallest absolute Gasteiger partial charge is 0.170 e. The third kappa shape index (κ3) is 3.32. The van der Waals surface area contributed by atoms with Gasteiger partial charge >= 0.3 is 0 Å². The van der Waals surface area contributed by atoms with Gasteiger partial charge in [0.2, 0.25) is 0 Å². The molecule has 0 saturated carbocycles. The van der Waals surface area contributed by atoms with Crippen molar-refractivity contribution in [2.75, 3.05) is 14.1 Å². The van der Waals surface area contributed by atoms with Crippen molar-refractivity contribution in [3.05, 3.63) is 0 Å². The van der Waals surface area contributed by atoms with Gasteiger partial charge in [0.25, 0.3) is 0 Å². The van der Waals surface area contributed by atoms with Crippen LogP contribution in [0, 0.1) is 5.92 Å². The minimum absolute atomic E-state index is 0.0378. The first-order valence-corrected chi connectivity index (χ1v) is 6.02. The summed E-state index contributed by atoms with van der Waals surface area (Å²) in [5, 5.41) is 0. The maximum absolute atomic E-state index is 5.82. The number of rotatable bonds is 3. The van der Waals surface area contributed by atoms with Gasteiger partial charge in [0.1, 0.15) is 23.0 Å². The van der Waals surface area contributed by atoms with Crippen molar-refractivity contribution in [1.29, 1.82) is 0 Å². The Bertz CT molecular complexity index is 160. The zero-order chi connectivity index (χ0) is 10.7. The summed E-state index contributed by atoms with van der Waals surface area (Å²) < 4.78 is 11.1. The van der Waals surface area contributed by atoms with Crippen molar-refractivity contribution in [3.8, 4) is 0 Å². The van der Waals surface area contributed by atoms with E-state index in [9.17, 15) is 0 Å². The number of nitrogens with zero attached hydrogens (tertiary/aromatic N) is 1. The lowest BCUT2D eigenvalue weighted by atomic mass is 9.94. The lowest BCUT2D eigenvalue weighted by Gasteiger charge is -2.38. The number of hydrogen-bond acceptors (Lipinski definition) is 3. The van der Waals surface area contributed by atoms with E-state index in [-0.39, 0.29) is 6.29 Å². The molecule has 0 amide bonds. The molecule has 1 fully saturated rings. The molecule has 0 bridgehead atoms. The monoisotopic (exact) mass is 313 g/mol. The maximum Gasteiger partial charge on any atom is 0.170 e. The second-order valence-electron chi connectivity index (χ2n) is 4.53. The molecule has 1 aliphatic rings. The van der Waals surface area contributed by atoms with Crippen molar-refractivity contribution in [3.63, 3.8) is 0 Å². The van der Waals surface area contributed by atoms with Gasteiger partial charge in [-0.25, -0.2) is 0 Å². The normalized spacial score (nSPS) is 34.1. The zero-order valence-electron chi connectivity index (χ0n) is 9.37. The van der Waals surface area contributed by atoms with Crippen LogP contribution in [0.3, 0.4) is 0 Å². The molecule has 0 unspecified atom stereocenters. The molecule has 1 aliphatic heterocycles. The second kappa shape index (κ2) is 5.63. The molecule has 0 aromatic carbocycles. The Morgan fingerprint density at radius 2 is 2.00 bits per heavy atom. The van der Waals surface area contributed by atoms with E-state index in [0.717, 1.165) is 12.8 Å². The van der Waals surface area contributed by atoms with Crippen LogP contribution < -0.4 is 0 Å². The summed E-state index contributed by atoms with van der Waals surface area (Å²) in [6.45, 7) is 4.40. The molecule has 1 saturated heterocycles. The average Bonchev–Trinajstić information content (AvgIpc) is 2.16. The van der Waals surface area contributed by atoms with Gasteiger partial charge in [-0.3, -0.25) is 3.07 Å². The van der Waals surface area contributed by atoms with Crippen molar-refractivity contribution in [2.45, 2.75) is 45.1 Å². The summed E-state index contributed by atoms with van der Waals surface area (Å²) in [5.74, 6) is 0.562. The molecule has 0 N–H and O–H groups in total. The minimum Gasteiger partial charge on any atom is -0.348 e. The Hall–Kier alpha value is 0.610. The lowest BCUT2D eigenvalue weighted by Crippen LogP contribution is -2.44. The van der Waals surface area contributed by atoms with Crippen LogP contribution in [0.25, 0.3) is 0 Å². The fourth-order valence-electron chi connectivity index (χ4n) is 1.80. The summed E-state index contributed by atoms with van der Waals surface area (Å²) in [7, 11) is 4.25. The third-order valence-electron chi connectivity index (χ3n) is 2.87. The van der Waals surface area contributed by atoms with Crippen molar-refractivity contribution in [1.82, 2.24) is 4.90 Å². The highest BCUT2D eigenvalue weighted by Crippen LogP contribution is 2.28. The fourth-order valence-corrected chi connectivity index (χ4v) is 2.13. The quantitative estimate of drug-likeness (QED) is 0.747. The number of hydrogen-bond donors (Lipinski definition) is 0. The van der Waals surface area contributed by atoms with Crippen LogP contribution in [-0.4, -0.2) is 37.4 Å². The first-order valence-electron chi connectivity index (χ1n) is 5.14. The van der Waals surface area contributed by atoms with Crippen LogP contribution in [0.4, 0.5) is 0 Å². The van der Waals surface area contributed by atoms with Gasteiger partial charge < -0.3 is 9.64 Å². The first-order chi connectivity index (χ1) is 6.54. The Kier molecular flexibility index (Phi) is 5.10. The Morgan fingerprint density at radius 1 is 1.36 bits per heavy atom. The largest absolute Gasteiger partial charge is 0.348 e. The van der Waals surface area contributed by atoms with Crippen molar-refractivity contribution in [2.24, 2.45) is 5.92 Å². The summed E-state index contributed by atoms with van der Waals surface area (Å²) >= 11 is 1.93. The van der Waals surface area contributed by atoms with E-state index in [0.29, 0.717) is 18.1 Å². The molecule has 1 heterocycles. The van der Waals surface area contributed by atoms with E-state index >= 15 is 0 Å². The molecular weight excluding hydrogens is 293 g/mol. The molecule has 0 aromatic rings. The lowest BCUT2D eigenvalue weighted by molar-refractivity contribution is -0.160. The van der Waals surface area contributed by atoms with Crippen molar-refractivity contribution >= 4 is 23.0 Å². The predicted octanol–water partition coefficient (Wildman–Crippen LogP) is 2.44. The molecule has 4 heteroatoms. The maximum atomic E-state index is 5.82. The zero-order valence-corrected chi connectivity index (χ0v) is 11.5. The Labute approximate surface area is 101 Å². The highest BCUT2D eigenvalue weighted by molar-refractivity contribution is 14.1. The van der Waals surface area contributed by atoms with Gasteiger partial charge in [-0.1, -0.05) is 13.8 Å². The van der Waals surface area contributed by atoms with Crippen LogP contribution in [-0.2, 0) is 7.80 Å². The van der Waals surface area contributed by atoms with Gasteiger partial charge in [0.15, 0.2) is 6.29 Å². The van der Waals surface area contributed by atoms with E-state index < -0.39 is 0 Å². The predicted molar refractivity (Wildman–Crippen MR) is 65.3 cm³/mol. The highest BCUT2D eigenvalue weighted by Gasteiger charge is 2.32. The van der Waals surface area contributed by atoms with Crippen LogP contribution >= 0.6 is 23.0 Å². The number of halogens is 1. The van der Waals surface area contributed by atoms with E-state index in [4.69, 9.17) is 7.80 Å². The fraction of sp³-hybridized carbons (Fsp3) is 1.00. The molecular formula is C10H20INO2. The van der Waals surface area contributed by atoms with Gasteiger partial charge in [-0.05, 0) is 26.4 Å². The van der Waals surface area contributed by atoms with E-state index in [1.54, 1.807) is 0 Å². The first kappa shape index (κ1) is 12.7. The summed E-state index contributed by atoms with van der Waals surface area (Å²) in [6, 6.07) is 0.580. The molecule has 1 rings (SSSR count). The second-order valence-corrected chi connectivity index (χ2v) is 5.03. The Balaban J connectivity index is 2.56. The van der Waals surface area contributed by atoms with Gasteiger partial charge in [-0.15, -0.1) is 0 Å². The van der Waals surface area contributed by atoms with Gasteiger partial charge in [0, 0.05) is 12.5 Å². The average molecular weight is 313 g/mol. The van der Waals surface area contributed by atoms with E-state index in [2.05, 4.69) is 32.8 Å². The van der Waals surface area contributed by atoms with Gasteiger partial charge in [0.05, 0.1) is 6.10 Å². The standard InChI is InChI=1S/C10H20INO2/c1-7(2)9-5-8(12(3)4)6-10(13-9)14-11/h7-10H,5-6H2,1-4H3/t8-,9-,10-/m0/s1. The summed E-state index contributed by atoms with van der Waals surface area (Å²) in [4.78, 5) is 2.26. The minimum atomic E-state index is -0.0378. The molecule has 0 radical (unpaired) electrons. The van der Waals surface area contributed by atoms with Crippen LogP contribution in [0.15, 0.2) is 0 Å². The summed E-state index contributed by atoms with van der Waals surface area (Å²) in [5.41, 5.74) is 0. The number of ether oxygens (including phenoxy) is 1. The Morgan fingerprint density at radius 3 is 2.43 bits per heavy atom. The van der Waals surface area contributed by atoms with Crippen LogP contribution in [0.2, 0.25) is 0 Å². The molecule has 3 nitrogen and oxygen atoms in total. The van der Waals surface area contributed by atoms with E-state index in [1.807, 2.05) is 23.0 Å². The SMILES string of the molecule is CC(C)[C@@H]1C[C@H](N(C)C)C[C@H](OI)O1. The molecule has 0 spiro atoms. The van der Waals surface area contributed by atoms with Gasteiger partial charge in [-0.2, -0.15) is 0 Å². The molecule has 84 valence electrons.